The van der Waals surface area contributed by atoms with Crippen molar-refractivity contribution >= 4 is 11.7 Å². The van der Waals surface area contributed by atoms with Crippen molar-refractivity contribution in [3.8, 4) is 5.88 Å². The Morgan fingerprint density at radius 1 is 1.32 bits per heavy atom. The third kappa shape index (κ3) is 4.48. The van der Waals surface area contributed by atoms with Crippen LogP contribution in [-0.4, -0.2) is 40.7 Å². The molecule has 1 saturated heterocycles. The number of pyridine rings is 1. The van der Waals surface area contributed by atoms with Gasteiger partial charge in [0.25, 0.3) is 0 Å². The second kappa shape index (κ2) is 7.98. The lowest BCUT2D eigenvalue weighted by molar-refractivity contribution is 0.202. The topological polar surface area (TPSA) is 74.7 Å². The number of carbonyl (C=O) groups excluding carboxylic acids is 1. The van der Waals surface area contributed by atoms with E-state index in [4.69, 9.17) is 4.74 Å². The highest BCUT2D eigenvalue weighted by Gasteiger charge is 2.31. The van der Waals surface area contributed by atoms with Gasteiger partial charge in [0, 0.05) is 43.6 Å². The molecule has 1 aliphatic rings. The molecule has 0 spiro atoms. The van der Waals surface area contributed by atoms with E-state index in [1.54, 1.807) is 23.2 Å². The lowest BCUT2D eigenvalue weighted by Crippen LogP contribution is -2.33. The van der Waals surface area contributed by atoms with Gasteiger partial charge in [0.1, 0.15) is 6.61 Å². The minimum atomic E-state index is -0.164. The summed E-state index contributed by atoms with van der Waals surface area (Å²) < 4.78 is 5.68. The van der Waals surface area contributed by atoms with Gasteiger partial charge in [0.05, 0.1) is 0 Å². The van der Waals surface area contributed by atoms with Gasteiger partial charge < -0.3 is 20.1 Å². The second-order valence-corrected chi connectivity index (χ2v) is 6.41. The number of anilines is 1. The number of hydrogen-bond acceptors (Lipinski definition) is 4. The van der Waals surface area contributed by atoms with Crippen molar-refractivity contribution in [2.45, 2.75) is 13.5 Å². The molecule has 2 amide bonds. The van der Waals surface area contributed by atoms with Crippen LogP contribution in [0.5, 0.6) is 5.88 Å². The van der Waals surface area contributed by atoms with Gasteiger partial charge in [-0.3, -0.25) is 0 Å². The Labute approximate surface area is 147 Å². The number of benzene rings is 1. The maximum atomic E-state index is 12.4. The molecule has 1 aromatic carbocycles. The minimum absolute atomic E-state index is 0.109. The summed E-state index contributed by atoms with van der Waals surface area (Å²) in [6.07, 6.45) is 1.61. The van der Waals surface area contributed by atoms with Crippen LogP contribution in [0, 0.1) is 11.8 Å². The molecule has 0 radical (unpaired) electrons. The first-order valence-electron chi connectivity index (χ1n) is 8.45. The predicted octanol–water partition coefficient (Wildman–Crippen LogP) is 2.75. The van der Waals surface area contributed by atoms with Crippen LogP contribution in [0.15, 0.2) is 48.7 Å². The molecular formula is C19H23N3O3. The fourth-order valence-electron chi connectivity index (χ4n) is 2.94. The molecule has 0 saturated carbocycles. The van der Waals surface area contributed by atoms with Gasteiger partial charge in [-0.1, -0.05) is 37.3 Å². The van der Waals surface area contributed by atoms with Gasteiger partial charge >= 0.3 is 6.03 Å². The molecule has 1 aliphatic heterocycles. The van der Waals surface area contributed by atoms with Crippen LogP contribution in [0.4, 0.5) is 10.5 Å². The van der Waals surface area contributed by atoms with E-state index in [1.165, 1.54) is 0 Å². The highest BCUT2D eigenvalue weighted by molar-refractivity contribution is 5.89. The molecule has 6 nitrogen and oxygen atoms in total. The van der Waals surface area contributed by atoms with E-state index in [9.17, 15) is 9.90 Å². The summed E-state index contributed by atoms with van der Waals surface area (Å²) >= 11 is 0. The molecule has 1 aromatic heterocycles. The summed E-state index contributed by atoms with van der Waals surface area (Å²) in [6, 6.07) is 13.1. The van der Waals surface area contributed by atoms with Gasteiger partial charge in [-0.15, -0.1) is 0 Å². The van der Waals surface area contributed by atoms with E-state index in [1.807, 2.05) is 30.3 Å². The molecular weight excluding hydrogens is 318 g/mol. The Hall–Kier alpha value is -2.60. The van der Waals surface area contributed by atoms with E-state index in [2.05, 4.69) is 17.2 Å². The van der Waals surface area contributed by atoms with E-state index >= 15 is 0 Å². The zero-order chi connectivity index (χ0) is 17.6. The van der Waals surface area contributed by atoms with Crippen LogP contribution in [0.1, 0.15) is 12.5 Å². The summed E-state index contributed by atoms with van der Waals surface area (Å²) in [5.41, 5.74) is 1.70. The number of rotatable bonds is 5. The molecule has 2 aromatic rings. The summed E-state index contributed by atoms with van der Waals surface area (Å²) in [6.45, 7) is 3.81. The number of nitrogens with zero attached hydrogens (tertiary/aromatic N) is 2. The fraction of sp³-hybridized carbons (Fsp3) is 0.368. The number of likely N-dealkylation sites (tertiary alicyclic amines) is 1. The zero-order valence-corrected chi connectivity index (χ0v) is 14.3. The van der Waals surface area contributed by atoms with Crippen molar-refractivity contribution < 1.29 is 14.6 Å². The van der Waals surface area contributed by atoms with Crippen LogP contribution < -0.4 is 10.1 Å². The second-order valence-electron chi connectivity index (χ2n) is 6.41. The Morgan fingerprint density at radius 2 is 2.12 bits per heavy atom. The van der Waals surface area contributed by atoms with E-state index in [-0.39, 0.29) is 18.6 Å². The first-order valence-corrected chi connectivity index (χ1v) is 8.45. The zero-order valence-electron chi connectivity index (χ0n) is 14.3. The maximum absolute atomic E-state index is 12.4. The van der Waals surface area contributed by atoms with Crippen LogP contribution in [0.25, 0.3) is 0 Å². The van der Waals surface area contributed by atoms with Gasteiger partial charge in [-0.25, -0.2) is 9.78 Å². The average Bonchev–Trinajstić information content (AvgIpc) is 3.02. The highest BCUT2D eigenvalue weighted by atomic mass is 16.5. The molecule has 3 rings (SSSR count). The third-order valence-electron chi connectivity index (χ3n) is 4.51. The van der Waals surface area contributed by atoms with Gasteiger partial charge in [0.2, 0.25) is 5.88 Å². The van der Waals surface area contributed by atoms with Crippen molar-refractivity contribution in [2.24, 2.45) is 11.8 Å². The van der Waals surface area contributed by atoms with Crippen molar-refractivity contribution in [3.63, 3.8) is 0 Å². The first kappa shape index (κ1) is 17.2. The largest absolute Gasteiger partial charge is 0.473 e. The number of amides is 2. The molecule has 0 bridgehead atoms. The van der Waals surface area contributed by atoms with Crippen LogP contribution in [-0.2, 0) is 6.61 Å². The molecule has 132 valence electrons. The number of ether oxygens (including phenoxy) is 1. The Kier molecular flexibility index (Phi) is 5.50. The number of nitrogens with one attached hydrogen (secondary N) is 1. The number of aliphatic hydroxyl groups excluding tert-OH is 1. The Balaban J connectivity index is 1.57. The van der Waals surface area contributed by atoms with Crippen molar-refractivity contribution in [2.75, 3.05) is 25.0 Å². The predicted molar refractivity (Wildman–Crippen MR) is 95.3 cm³/mol. The average molecular weight is 341 g/mol. The third-order valence-corrected chi connectivity index (χ3v) is 4.51. The van der Waals surface area contributed by atoms with E-state index < -0.39 is 0 Å². The normalized spacial score (nSPS) is 19.7. The molecule has 2 atom stereocenters. The van der Waals surface area contributed by atoms with E-state index in [0.29, 0.717) is 37.2 Å². The molecule has 2 heterocycles. The van der Waals surface area contributed by atoms with Gasteiger partial charge in [-0.2, -0.15) is 0 Å². The molecule has 0 aliphatic carbocycles. The standard InChI is InChI=1S/C19H23N3O3/c1-14-10-22(11-16(14)12-23)19(24)21-17-7-8-20-18(9-17)25-13-15-5-3-2-4-6-15/h2-9,14,16,23H,10-13H2,1H3,(H,20,21,24)/t14-,16+/m1/s1. The van der Waals surface area contributed by atoms with Crippen molar-refractivity contribution in [1.82, 2.24) is 9.88 Å². The summed E-state index contributed by atoms with van der Waals surface area (Å²) in [5.74, 6) is 0.913. The number of carbonyl (C=O) groups is 1. The number of aromatic nitrogens is 1. The minimum Gasteiger partial charge on any atom is -0.473 e. The summed E-state index contributed by atoms with van der Waals surface area (Å²) in [7, 11) is 0. The van der Waals surface area contributed by atoms with E-state index in [0.717, 1.165) is 5.56 Å². The lowest BCUT2D eigenvalue weighted by atomic mass is 10.00. The van der Waals surface area contributed by atoms with Crippen molar-refractivity contribution in [1.29, 1.82) is 0 Å². The smallest absolute Gasteiger partial charge is 0.321 e. The maximum Gasteiger partial charge on any atom is 0.321 e. The molecule has 6 heteroatoms. The van der Waals surface area contributed by atoms with Crippen LogP contribution >= 0.6 is 0 Å². The summed E-state index contributed by atoms with van der Waals surface area (Å²) in [5, 5.41) is 12.2. The Morgan fingerprint density at radius 3 is 2.84 bits per heavy atom. The molecule has 0 unspecified atom stereocenters. The number of urea groups is 1. The molecule has 2 N–H and O–H groups in total. The van der Waals surface area contributed by atoms with Crippen LogP contribution in [0.2, 0.25) is 0 Å². The van der Waals surface area contributed by atoms with Crippen molar-refractivity contribution in [3.05, 3.63) is 54.2 Å². The quantitative estimate of drug-likeness (QED) is 0.877. The number of aliphatic hydroxyl groups is 1. The van der Waals surface area contributed by atoms with Gasteiger partial charge in [-0.05, 0) is 17.5 Å². The first-order chi connectivity index (χ1) is 12.2. The van der Waals surface area contributed by atoms with Gasteiger partial charge in [0.15, 0.2) is 0 Å². The van der Waals surface area contributed by atoms with Crippen LogP contribution in [0.3, 0.4) is 0 Å². The molecule has 25 heavy (non-hydrogen) atoms. The SMILES string of the molecule is C[C@@H]1CN(C(=O)Nc2ccnc(OCc3ccccc3)c2)C[C@H]1CO. The molecule has 1 fully saturated rings. The number of hydrogen-bond donors (Lipinski definition) is 2. The lowest BCUT2D eigenvalue weighted by Gasteiger charge is -2.17. The fourth-order valence-corrected chi connectivity index (χ4v) is 2.94. The Bertz CT molecular complexity index is 708. The monoisotopic (exact) mass is 341 g/mol. The highest BCUT2D eigenvalue weighted by Crippen LogP contribution is 2.23. The summed E-state index contributed by atoms with van der Waals surface area (Å²) in [4.78, 5) is 18.3.